The van der Waals surface area contributed by atoms with E-state index in [1.54, 1.807) is 33.2 Å². The maximum Gasteiger partial charge on any atom is 0.244 e. The Morgan fingerprint density at radius 3 is 2.25 bits per heavy atom. The Bertz CT molecular complexity index is 502. The third-order valence-corrected chi connectivity index (χ3v) is 3.09. The monoisotopic (exact) mass is 293 g/mol. The van der Waals surface area contributed by atoms with Gasteiger partial charge in [-0.15, -0.1) is 0 Å². The Labute approximate surface area is 124 Å². The van der Waals surface area contributed by atoms with Crippen LogP contribution in [0.3, 0.4) is 0 Å². The summed E-state index contributed by atoms with van der Waals surface area (Å²) in [6, 6.07) is 8.39. The smallest absolute Gasteiger partial charge is 0.244 e. The number of rotatable bonds is 5. The summed E-state index contributed by atoms with van der Waals surface area (Å²) in [6.07, 6.45) is 0. The molecule has 0 bridgehead atoms. The molecular formula is C14H19N3O2S. The van der Waals surface area contributed by atoms with Gasteiger partial charge < -0.3 is 16.0 Å². The van der Waals surface area contributed by atoms with Gasteiger partial charge in [-0.3, -0.25) is 9.59 Å². The Balaban J connectivity index is 2.87. The van der Waals surface area contributed by atoms with Crippen LogP contribution in [0.4, 0.5) is 0 Å². The quantitative estimate of drug-likeness (QED) is 0.782. The van der Waals surface area contributed by atoms with E-state index in [0.717, 1.165) is 0 Å². The number of nitrogens with one attached hydrogen (secondary N) is 1. The summed E-state index contributed by atoms with van der Waals surface area (Å²) in [5, 5.41) is 2.64. The number of benzene rings is 1. The summed E-state index contributed by atoms with van der Waals surface area (Å²) in [6.45, 7) is 1.63. The first-order chi connectivity index (χ1) is 9.34. The van der Waals surface area contributed by atoms with Gasteiger partial charge in [-0.25, -0.2) is 0 Å². The first-order valence-electron chi connectivity index (χ1n) is 6.20. The lowest BCUT2D eigenvalue weighted by Crippen LogP contribution is -2.47. The molecule has 0 spiro atoms. The van der Waals surface area contributed by atoms with Crippen molar-refractivity contribution in [3.05, 3.63) is 35.9 Å². The van der Waals surface area contributed by atoms with E-state index in [9.17, 15) is 9.59 Å². The second kappa shape index (κ2) is 7.00. The van der Waals surface area contributed by atoms with Crippen LogP contribution in [0.15, 0.2) is 30.3 Å². The Hall–Kier alpha value is -1.95. The van der Waals surface area contributed by atoms with Gasteiger partial charge in [-0.1, -0.05) is 42.5 Å². The number of hydrogen-bond donors (Lipinski definition) is 2. The summed E-state index contributed by atoms with van der Waals surface area (Å²) in [5.74, 6) is -1.29. The minimum atomic E-state index is -0.733. The topological polar surface area (TPSA) is 75.4 Å². The molecule has 1 aromatic carbocycles. The number of carbonyl (C=O) groups excluding carboxylic acids is 2. The van der Waals surface area contributed by atoms with Crippen LogP contribution in [0.2, 0.25) is 0 Å². The minimum Gasteiger partial charge on any atom is -0.392 e. The van der Waals surface area contributed by atoms with Gasteiger partial charge >= 0.3 is 0 Å². The van der Waals surface area contributed by atoms with Crippen LogP contribution in [0.1, 0.15) is 18.4 Å². The summed E-state index contributed by atoms with van der Waals surface area (Å²) >= 11 is 4.97. The van der Waals surface area contributed by atoms with Crippen molar-refractivity contribution in [3.8, 4) is 0 Å². The molecule has 0 aliphatic carbocycles. The zero-order valence-corrected chi connectivity index (χ0v) is 12.6. The standard InChI is InChI=1S/C14H19N3O2S/c1-9(14(19)17(2)3)16-13(18)11(12(15)20)10-7-5-4-6-8-10/h4-9,11H,1-3H3,(H2,15,20)(H,16,18). The summed E-state index contributed by atoms with van der Waals surface area (Å²) in [5.41, 5.74) is 6.37. The van der Waals surface area contributed by atoms with Gasteiger partial charge in [0.25, 0.3) is 0 Å². The van der Waals surface area contributed by atoms with E-state index in [1.807, 2.05) is 18.2 Å². The van der Waals surface area contributed by atoms with Gasteiger partial charge in [-0.05, 0) is 12.5 Å². The number of nitrogens with two attached hydrogens (primary N) is 1. The van der Waals surface area contributed by atoms with Crippen LogP contribution in [0.25, 0.3) is 0 Å². The van der Waals surface area contributed by atoms with Crippen LogP contribution in [0, 0.1) is 0 Å². The fourth-order valence-electron chi connectivity index (χ4n) is 1.84. The van der Waals surface area contributed by atoms with Crippen molar-refractivity contribution >= 4 is 29.0 Å². The van der Waals surface area contributed by atoms with Crippen LogP contribution >= 0.6 is 12.2 Å². The van der Waals surface area contributed by atoms with Gasteiger partial charge in [0.05, 0.1) is 4.99 Å². The number of hydrogen-bond acceptors (Lipinski definition) is 3. The highest BCUT2D eigenvalue weighted by Crippen LogP contribution is 2.16. The molecule has 20 heavy (non-hydrogen) atoms. The maximum absolute atomic E-state index is 12.3. The van der Waals surface area contributed by atoms with Crippen LogP contribution in [-0.2, 0) is 9.59 Å². The van der Waals surface area contributed by atoms with E-state index in [0.29, 0.717) is 5.56 Å². The predicted molar refractivity (Wildman–Crippen MR) is 82.3 cm³/mol. The number of amides is 2. The first kappa shape index (κ1) is 16.1. The average Bonchev–Trinajstić information content (AvgIpc) is 2.38. The summed E-state index contributed by atoms with van der Waals surface area (Å²) < 4.78 is 0. The lowest BCUT2D eigenvalue weighted by molar-refractivity contribution is -0.133. The van der Waals surface area contributed by atoms with E-state index in [-0.39, 0.29) is 16.8 Å². The van der Waals surface area contributed by atoms with Gasteiger partial charge in [0.15, 0.2) is 0 Å². The summed E-state index contributed by atoms with van der Waals surface area (Å²) in [4.78, 5) is 25.5. The Morgan fingerprint density at radius 1 is 1.25 bits per heavy atom. The molecule has 0 radical (unpaired) electrons. The largest absolute Gasteiger partial charge is 0.392 e. The molecule has 0 saturated heterocycles. The normalized spacial score (nSPS) is 13.2. The highest BCUT2D eigenvalue weighted by molar-refractivity contribution is 7.80. The SMILES string of the molecule is CC(NC(=O)C(C(N)=S)c1ccccc1)C(=O)N(C)C. The number of carbonyl (C=O) groups is 2. The van der Waals surface area contributed by atoms with E-state index in [2.05, 4.69) is 5.32 Å². The van der Waals surface area contributed by atoms with Gasteiger partial charge in [0.2, 0.25) is 11.8 Å². The van der Waals surface area contributed by atoms with Crippen molar-refractivity contribution in [2.75, 3.05) is 14.1 Å². The van der Waals surface area contributed by atoms with Gasteiger partial charge in [0, 0.05) is 14.1 Å². The van der Waals surface area contributed by atoms with Gasteiger partial charge in [-0.2, -0.15) is 0 Å². The highest BCUT2D eigenvalue weighted by Gasteiger charge is 2.26. The number of likely N-dealkylation sites (N-methyl/N-ethyl adjacent to an activating group) is 1. The molecule has 3 N–H and O–H groups in total. The minimum absolute atomic E-state index is 0.0817. The van der Waals surface area contributed by atoms with Crippen LogP contribution in [-0.4, -0.2) is 41.8 Å². The molecule has 1 rings (SSSR count). The van der Waals surface area contributed by atoms with Crippen LogP contribution in [0.5, 0.6) is 0 Å². The molecule has 0 heterocycles. The van der Waals surface area contributed by atoms with Gasteiger partial charge in [0.1, 0.15) is 12.0 Å². The molecule has 0 saturated carbocycles. The van der Waals surface area contributed by atoms with E-state index in [4.69, 9.17) is 18.0 Å². The molecular weight excluding hydrogens is 274 g/mol. The lowest BCUT2D eigenvalue weighted by atomic mass is 9.98. The predicted octanol–water partition coefficient (Wildman–Crippen LogP) is 0.649. The van der Waals surface area contributed by atoms with Crippen molar-refractivity contribution in [3.63, 3.8) is 0 Å². The first-order valence-corrected chi connectivity index (χ1v) is 6.61. The van der Waals surface area contributed by atoms with Crippen molar-refractivity contribution in [1.29, 1.82) is 0 Å². The van der Waals surface area contributed by atoms with Crippen molar-refractivity contribution in [1.82, 2.24) is 10.2 Å². The number of thiocarbonyl (C=S) groups is 1. The molecule has 2 amide bonds. The van der Waals surface area contributed by atoms with Crippen molar-refractivity contribution in [2.24, 2.45) is 5.73 Å². The Morgan fingerprint density at radius 2 is 1.80 bits per heavy atom. The highest BCUT2D eigenvalue weighted by atomic mass is 32.1. The summed E-state index contributed by atoms with van der Waals surface area (Å²) in [7, 11) is 3.26. The third kappa shape index (κ3) is 4.03. The van der Waals surface area contributed by atoms with E-state index in [1.165, 1.54) is 4.90 Å². The number of nitrogens with zero attached hydrogens (tertiary/aromatic N) is 1. The average molecular weight is 293 g/mol. The molecule has 108 valence electrons. The second-order valence-electron chi connectivity index (χ2n) is 4.71. The molecule has 6 heteroatoms. The zero-order chi connectivity index (χ0) is 15.3. The van der Waals surface area contributed by atoms with E-state index < -0.39 is 12.0 Å². The fraction of sp³-hybridized carbons (Fsp3) is 0.357. The molecule has 2 unspecified atom stereocenters. The molecule has 2 atom stereocenters. The molecule has 0 aromatic heterocycles. The molecule has 0 aliphatic heterocycles. The lowest BCUT2D eigenvalue weighted by Gasteiger charge is -2.21. The Kier molecular flexibility index (Phi) is 5.64. The molecule has 0 aliphatic rings. The van der Waals surface area contributed by atoms with Crippen molar-refractivity contribution < 1.29 is 9.59 Å². The zero-order valence-electron chi connectivity index (χ0n) is 11.8. The fourth-order valence-corrected chi connectivity index (χ4v) is 2.08. The molecule has 0 fully saturated rings. The molecule has 5 nitrogen and oxygen atoms in total. The van der Waals surface area contributed by atoms with Crippen molar-refractivity contribution in [2.45, 2.75) is 18.9 Å². The van der Waals surface area contributed by atoms with E-state index >= 15 is 0 Å². The maximum atomic E-state index is 12.3. The second-order valence-corrected chi connectivity index (χ2v) is 5.18. The third-order valence-electron chi connectivity index (χ3n) is 2.85. The molecule has 1 aromatic rings. The van der Waals surface area contributed by atoms with Crippen LogP contribution < -0.4 is 11.1 Å².